The van der Waals surface area contributed by atoms with Crippen LogP contribution in [0.2, 0.25) is 5.02 Å². The van der Waals surface area contributed by atoms with E-state index in [9.17, 15) is 14.7 Å². The number of aliphatic hydroxyl groups is 1. The predicted octanol–water partition coefficient (Wildman–Crippen LogP) is 6.37. The molecular weight excluding hydrogens is 502 g/mol. The van der Waals surface area contributed by atoms with E-state index in [1.165, 1.54) is 0 Å². The highest BCUT2D eigenvalue weighted by Crippen LogP contribution is 2.49. The number of halogens is 1. The smallest absolute Gasteiger partial charge is 0.336 e. The van der Waals surface area contributed by atoms with Crippen molar-refractivity contribution in [1.82, 2.24) is 4.90 Å². The molecule has 1 saturated heterocycles. The molecule has 2 aromatic carbocycles. The van der Waals surface area contributed by atoms with Crippen molar-refractivity contribution in [1.29, 1.82) is 0 Å². The molecule has 1 saturated carbocycles. The van der Waals surface area contributed by atoms with Gasteiger partial charge in [-0.25, -0.2) is 4.79 Å². The fourth-order valence-corrected chi connectivity index (χ4v) is 6.61. The lowest BCUT2D eigenvalue weighted by molar-refractivity contribution is -0.161. The zero-order valence-corrected chi connectivity index (χ0v) is 23.1. The summed E-state index contributed by atoms with van der Waals surface area (Å²) >= 11 is 6.17. The first-order chi connectivity index (χ1) is 18.2. The quantitative estimate of drug-likeness (QED) is 0.369. The van der Waals surface area contributed by atoms with Crippen molar-refractivity contribution in [2.75, 3.05) is 6.54 Å². The van der Waals surface area contributed by atoms with Crippen molar-refractivity contribution in [3.05, 3.63) is 74.6 Å². The van der Waals surface area contributed by atoms with Gasteiger partial charge in [-0.2, -0.15) is 0 Å². The number of fused-ring (bicyclic) bond motifs is 2. The second-order valence-electron chi connectivity index (χ2n) is 10.9. The van der Waals surface area contributed by atoms with Gasteiger partial charge < -0.3 is 19.2 Å². The fourth-order valence-electron chi connectivity index (χ4n) is 6.49. The SMILES string of the molecule is CCCc1cc(=O)oc2c(C)c(OC(C)C(=O)N3CCC4(O)CCCCC4C3c3ccc(Cl)cc3)ccc12. The van der Waals surface area contributed by atoms with Crippen LogP contribution in [0.4, 0.5) is 0 Å². The Balaban J connectivity index is 1.45. The first kappa shape index (κ1) is 26.8. The van der Waals surface area contributed by atoms with Gasteiger partial charge >= 0.3 is 5.63 Å². The van der Waals surface area contributed by atoms with E-state index in [0.29, 0.717) is 34.9 Å². The standard InChI is InChI=1S/C31H36ClNO5/c1-4-7-22-18-27(34)38-29-19(2)26(14-13-24(22)29)37-20(3)30(35)33-17-16-31(36)15-6-5-8-25(31)28(33)21-9-11-23(32)12-10-21/h9-14,18,20,25,28,36H,4-8,15-17H2,1-3H3. The summed E-state index contributed by atoms with van der Waals surface area (Å²) in [5.74, 6) is 0.346. The molecule has 4 atom stereocenters. The average molecular weight is 538 g/mol. The van der Waals surface area contributed by atoms with E-state index in [1.54, 1.807) is 13.0 Å². The lowest BCUT2D eigenvalue weighted by Crippen LogP contribution is -2.58. The van der Waals surface area contributed by atoms with Crippen LogP contribution in [0.3, 0.4) is 0 Å². The summed E-state index contributed by atoms with van der Waals surface area (Å²) in [5, 5.41) is 13.1. The van der Waals surface area contributed by atoms with E-state index in [4.69, 9.17) is 20.8 Å². The van der Waals surface area contributed by atoms with E-state index < -0.39 is 11.7 Å². The molecule has 0 radical (unpaired) electrons. The zero-order chi connectivity index (χ0) is 27.0. The molecule has 1 aliphatic heterocycles. The minimum absolute atomic E-state index is 0.0454. The molecule has 7 heteroatoms. The number of aryl methyl sites for hydroxylation is 2. The second kappa shape index (κ2) is 10.7. The topological polar surface area (TPSA) is 80.0 Å². The van der Waals surface area contributed by atoms with Gasteiger partial charge in [0.2, 0.25) is 0 Å². The van der Waals surface area contributed by atoms with Crippen molar-refractivity contribution in [3.8, 4) is 5.75 Å². The van der Waals surface area contributed by atoms with Gasteiger partial charge in [0.05, 0.1) is 11.6 Å². The summed E-state index contributed by atoms with van der Waals surface area (Å²) in [4.78, 5) is 28.0. The van der Waals surface area contributed by atoms with Gasteiger partial charge in [-0.05, 0) is 74.9 Å². The van der Waals surface area contributed by atoms with Crippen LogP contribution in [-0.4, -0.2) is 34.2 Å². The number of amides is 1. The third-order valence-electron chi connectivity index (χ3n) is 8.43. The van der Waals surface area contributed by atoms with Gasteiger partial charge in [-0.1, -0.05) is 49.9 Å². The highest BCUT2D eigenvalue weighted by atomic mass is 35.5. The molecule has 38 heavy (non-hydrogen) atoms. The third kappa shape index (κ3) is 4.96. The number of likely N-dealkylation sites (tertiary alicyclic amines) is 1. The Kier molecular flexibility index (Phi) is 7.56. The molecule has 2 aliphatic rings. The monoisotopic (exact) mass is 537 g/mol. The summed E-state index contributed by atoms with van der Waals surface area (Å²) < 4.78 is 11.8. The van der Waals surface area contributed by atoms with Gasteiger partial charge in [0.15, 0.2) is 6.10 Å². The molecule has 6 nitrogen and oxygen atoms in total. The number of hydrogen-bond acceptors (Lipinski definition) is 5. The van der Waals surface area contributed by atoms with Crippen LogP contribution in [-0.2, 0) is 11.2 Å². The fraction of sp³-hybridized carbons (Fsp3) is 0.484. The number of rotatable bonds is 6. The Hall–Kier alpha value is -2.83. The van der Waals surface area contributed by atoms with Crippen LogP contribution < -0.4 is 10.4 Å². The van der Waals surface area contributed by atoms with Gasteiger partial charge in [0, 0.05) is 34.5 Å². The van der Waals surface area contributed by atoms with Crippen LogP contribution in [0.25, 0.3) is 11.0 Å². The number of nitrogens with zero attached hydrogens (tertiary/aromatic N) is 1. The van der Waals surface area contributed by atoms with Crippen molar-refractivity contribution >= 4 is 28.5 Å². The van der Waals surface area contributed by atoms with Crippen LogP contribution in [0.5, 0.6) is 5.75 Å². The molecule has 202 valence electrons. The lowest BCUT2D eigenvalue weighted by atomic mass is 9.66. The van der Waals surface area contributed by atoms with E-state index >= 15 is 0 Å². The van der Waals surface area contributed by atoms with Crippen molar-refractivity contribution in [2.45, 2.75) is 83.5 Å². The summed E-state index contributed by atoms with van der Waals surface area (Å²) in [7, 11) is 0. The second-order valence-corrected chi connectivity index (χ2v) is 11.3. The maximum Gasteiger partial charge on any atom is 0.336 e. The molecule has 4 unspecified atom stereocenters. The Morgan fingerprint density at radius 3 is 2.71 bits per heavy atom. The van der Waals surface area contributed by atoms with Crippen LogP contribution >= 0.6 is 11.6 Å². The van der Waals surface area contributed by atoms with Crippen LogP contribution in [0.15, 0.2) is 51.7 Å². The minimum Gasteiger partial charge on any atom is -0.480 e. The number of hydrogen-bond donors (Lipinski definition) is 1. The molecule has 1 aliphatic carbocycles. The normalized spacial score (nSPS) is 24.2. The summed E-state index contributed by atoms with van der Waals surface area (Å²) in [5.41, 5.74) is 1.98. The number of piperidine rings is 1. The van der Waals surface area contributed by atoms with Crippen LogP contribution in [0, 0.1) is 12.8 Å². The largest absolute Gasteiger partial charge is 0.480 e. The Morgan fingerprint density at radius 2 is 1.97 bits per heavy atom. The van der Waals surface area contributed by atoms with Crippen molar-refractivity contribution in [3.63, 3.8) is 0 Å². The zero-order valence-electron chi connectivity index (χ0n) is 22.3. The van der Waals surface area contributed by atoms with Gasteiger partial charge in [0.1, 0.15) is 11.3 Å². The molecule has 3 aromatic rings. The molecule has 0 spiro atoms. The molecule has 0 bridgehead atoms. The van der Waals surface area contributed by atoms with E-state index in [1.807, 2.05) is 48.2 Å². The molecule has 1 N–H and O–H groups in total. The first-order valence-electron chi connectivity index (χ1n) is 13.7. The first-order valence-corrected chi connectivity index (χ1v) is 14.1. The van der Waals surface area contributed by atoms with Gasteiger partial charge in [0.25, 0.3) is 5.91 Å². The molecule has 1 amide bonds. The predicted molar refractivity (Wildman–Crippen MR) is 149 cm³/mol. The Bertz CT molecular complexity index is 1380. The average Bonchev–Trinajstić information content (AvgIpc) is 2.90. The van der Waals surface area contributed by atoms with Crippen LogP contribution in [0.1, 0.15) is 75.1 Å². The number of carbonyl (C=O) groups excluding carboxylic acids is 1. The number of ether oxygens (including phenoxy) is 1. The van der Waals surface area contributed by atoms with E-state index in [0.717, 1.165) is 55.0 Å². The molecule has 2 fully saturated rings. The lowest BCUT2D eigenvalue weighted by Gasteiger charge is -2.53. The summed E-state index contributed by atoms with van der Waals surface area (Å²) in [6.45, 7) is 6.15. The molecular formula is C31H36ClNO5. The molecule has 5 rings (SSSR count). The van der Waals surface area contributed by atoms with Gasteiger partial charge in [-0.15, -0.1) is 0 Å². The Morgan fingerprint density at radius 1 is 1.21 bits per heavy atom. The van der Waals surface area contributed by atoms with E-state index in [2.05, 4.69) is 6.92 Å². The molecule has 2 heterocycles. The summed E-state index contributed by atoms with van der Waals surface area (Å²) in [6.07, 6.45) is 5.16. The minimum atomic E-state index is -0.772. The highest BCUT2D eigenvalue weighted by Gasteiger charge is 2.50. The number of benzene rings is 2. The maximum atomic E-state index is 13.9. The molecule has 1 aromatic heterocycles. The van der Waals surface area contributed by atoms with Crippen molar-refractivity contribution in [2.24, 2.45) is 5.92 Å². The number of carbonyl (C=O) groups is 1. The highest BCUT2D eigenvalue weighted by molar-refractivity contribution is 6.30. The third-order valence-corrected chi connectivity index (χ3v) is 8.68. The van der Waals surface area contributed by atoms with Crippen molar-refractivity contribution < 1.29 is 19.1 Å². The maximum absolute atomic E-state index is 13.9. The van der Waals surface area contributed by atoms with E-state index in [-0.39, 0.29) is 23.5 Å². The van der Waals surface area contributed by atoms with Gasteiger partial charge in [-0.3, -0.25) is 4.79 Å². The Labute approximate surface area is 228 Å². The summed E-state index contributed by atoms with van der Waals surface area (Å²) in [6, 6.07) is 12.7.